The van der Waals surface area contributed by atoms with Crippen LogP contribution in [0.1, 0.15) is 32.6 Å². The average molecular weight is 446 g/mol. The van der Waals surface area contributed by atoms with Gasteiger partial charge in [-0.05, 0) is 54.8 Å². The van der Waals surface area contributed by atoms with Crippen molar-refractivity contribution in [2.24, 2.45) is 0 Å². The molecule has 3 aromatic carbocycles. The molecule has 5 nitrogen and oxygen atoms in total. The van der Waals surface area contributed by atoms with Gasteiger partial charge in [0.25, 0.3) is 5.91 Å². The Kier molecular flexibility index (Phi) is 6.57. The van der Waals surface area contributed by atoms with Crippen LogP contribution in [0.25, 0.3) is 0 Å². The maximum Gasteiger partial charge on any atom is 0.256 e. The van der Waals surface area contributed by atoms with Crippen molar-refractivity contribution in [3.63, 3.8) is 0 Å². The van der Waals surface area contributed by atoms with Crippen LogP contribution < -0.4 is 10.1 Å². The van der Waals surface area contributed by atoms with E-state index in [0.29, 0.717) is 35.3 Å². The Balaban J connectivity index is 1.38. The maximum absolute atomic E-state index is 12.7. The smallest absolute Gasteiger partial charge is 0.256 e. The third kappa shape index (κ3) is 5.56. The van der Waals surface area contributed by atoms with Gasteiger partial charge in [-0.3, -0.25) is 9.48 Å². The highest BCUT2D eigenvalue weighted by Crippen LogP contribution is 2.26. The number of aromatic nitrogens is 2. The summed E-state index contributed by atoms with van der Waals surface area (Å²) in [5, 5.41) is 7.88. The molecule has 0 saturated carbocycles. The first-order valence-electron chi connectivity index (χ1n) is 10.3. The standard InChI is InChI=1S/C26H24ClN3O2/c1-18-5-3-6-20(13-18)16-30-12-11-25(29-30)28-26(31)22-8-4-7-21(15-22)17-32-24-14-19(2)9-10-23(24)27/h3-15H,16-17H2,1-2H3,(H,28,29,31). The van der Waals surface area contributed by atoms with Gasteiger partial charge in [0.2, 0.25) is 0 Å². The van der Waals surface area contributed by atoms with Crippen LogP contribution in [-0.2, 0) is 13.2 Å². The van der Waals surface area contributed by atoms with Crippen LogP contribution in [-0.4, -0.2) is 15.7 Å². The lowest BCUT2D eigenvalue weighted by Crippen LogP contribution is -2.13. The molecule has 1 heterocycles. The predicted octanol–water partition coefficient (Wildman–Crippen LogP) is 6.03. The number of benzene rings is 3. The van der Waals surface area contributed by atoms with Gasteiger partial charge in [-0.2, -0.15) is 5.10 Å². The Morgan fingerprint density at radius 2 is 1.75 bits per heavy atom. The number of halogens is 1. The lowest BCUT2D eigenvalue weighted by molar-refractivity contribution is 0.102. The quantitative estimate of drug-likeness (QED) is 0.377. The minimum atomic E-state index is -0.221. The molecule has 162 valence electrons. The van der Waals surface area contributed by atoms with E-state index in [4.69, 9.17) is 16.3 Å². The van der Waals surface area contributed by atoms with E-state index in [-0.39, 0.29) is 5.91 Å². The van der Waals surface area contributed by atoms with E-state index in [9.17, 15) is 4.79 Å². The van der Waals surface area contributed by atoms with Crippen molar-refractivity contribution in [2.45, 2.75) is 27.0 Å². The number of rotatable bonds is 7. The minimum absolute atomic E-state index is 0.221. The molecule has 0 aliphatic heterocycles. The van der Waals surface area contributed by atoms with Crippen molar-refractivity contribution in [1.29, 1.82) is 0 Å². The number of hydrogen-bond acceptors (Lipinski definition) is 3. The van der Waals surface area contributed by atoms with Crippen molar-refractivity contribution in [2.75, 3.05) is 5.32 Å². The number of amides is 1. The Morgan fingerprint density at radius 3 is 2.59 bits per heavy atom. The fraction of sp³-hybridized carbons (Fsp3) is 0.154. The summed E-state index contributed by atoms with van der Waals surface area (Å²) in [6.07, 6.45) is 1.85. The van der Waals surface area contributed by atoms with Crippen LogP contribution in [0.4, 0.5) is 5.82 Å². The maximum atomic E-state index is 12.7. The van der Waals surface area contributed by atoms with E-state index in [1.165, 1.54) is 5.56 Å². The largest absolute Gasteiger partial charge is 0.487 e. The molecule has 4 rings (SSSR count). The zero-order valence-corrected chi connectivity index (χ0v) is 18.8. The van der Waals surface area contributed by atoms with E-state index in [1.807, 2.05) is 55.6 Å². The number of carbonyl (C=O) groups excluding carboxylic acids is 1. The highest BCUT2D eigenvalue weighted by atomic mass is 35.5. The second-order valence-electron chi connectivity index (χ2n) is 7.76. The first-order chi connectivity index (χ1) is 15.5. The average Bonchev–Trinajstić information content (AvgIpc) is 3.21. The van der Waals surface area contributed by atoms with Gasteiger partial charge in [-0.15, -0.1) is 0 Å². The molecule has 6 heteroatoms. The molecule has 1 N–H and O–H groups in total. The molecular weight excluding hydrogens is 422 g/mol. The van der Waals surface area contributed by atoms with Crippen LogP contribution in [0.3, 0.4) is 0 Å². The monoisotopic (exact) mass is 445 g/mol. The van der Waals surface area contributed by atoms with Gasteiger partial charge in [-0.25, -0.2) is 0 Å². The van der Waals surface area contributed by atoms with E-state index in [0.717, 1.165) is 16.7 Å². The van der Waals surface area contributed by atoms with Crippen molar-refractivity contribution in [3.8, 4) is 5.75 Å². The summed E-state index contributed by atoms with van der Waals surface area (Å²) in [7, 11) is 0. The number of ether oxygens (including phenoxy) is 1. The van der Waals surface area contributed by atoms with Crippen LogP contribution >= 0.6 is 11.6 Å². The molecule has 0 atom stereocenters. The molecule has 0 unspecified atom stereocenters. The molecule has 0 aliphatic rings. The molecule has 0 spiro atoms. The van der Waals surface area contributed by atoms with E-state index >= 15 is 0 Å². The third-order valence-corrected chi connectivity index (χ3v) is 5.29. The highest BCUT2D eigenvalue weighted by Gasteiger charge is 2.10. The molecule has 0 fully saturated rings. The molecule has 0 aliphatic carbocycles. The van der Waals surface area contributed by atoms with Crippen LogP contribution in [0.2, 0.25) is 5.02 Å². The number of nitrogens with zero attached hydrogens (tertiary/aromatic N) is 2. The van der Waals surface area contributed by atoms with Gasteiger partial charge in [0, 0.05) is 17.8 Å². The van der Waals surface area contributed by atoms with Crippen molar-refractivity contribution >= 4 is 23.3 Å². The summed E-state index contributed by atoms with van der Waals surface area (Å²) in [5.41, 5.74) is 4.85. The number of nitrogens with one attached hydrogen (secondary N) is 1. The van der Waals surface area contributed by atoms with Gasteiger partial charge in [0.1, 0.15) is 12.4 Å². The minimum Gasteiger partial charge on any atom is -0.487 e. The number of carbonyl (C=O) groups is 1. The third-order valence-electron chi connectivity index (χ3n) is 4.98. The van der Waals surface area contributed by atoms with Gasteiger partial charge >= 0.3 is 0 Å². The van der Waals surface area contributed by atoms with Crippen molar-refractivity contribution in [3.05, 3.63) is 112 Å². The molecule has 32 heavy (non-hydrogen) atoms. The normalized spacial score (nSPS) is 10.7. The highest BCUT2D eigenvalue weighted by molar-refractivity contribution is 6.32. The molecule has 1 aromatic heterocycles. The summed E-state index contributed by atoms with van der Waals surface area (Å²) >= 11 is 6.20. The van der Waals surface area contributed by atoms with Crippen LogP contribution in [0.5, 0.6) is 5.75 Å². The Labute approximate surface area is 192 Å². The Hall–Kier alpha value is -3.57. The number of aryl methyl sites for hydroxylation is 2. The van der Waals surface area contributed by atoms with Crippen molar-refractivity contribution in [1.82, 2.24) is 9.78 Å². The summed E-state index contributed by atoms with van der Waals surface area (Å²) < 4.78 is 7.65. The van der Waals surface area contributed by atoms with Gasteiger partial charge < -0.3 is 10.1 Å². The van der Waals surface area contributed by atoms with E-state index in [1.54, 1.807) is 16.8 Å². The van der Waals surface area contributed by atoms with Gasteiger partial charge in [0.15, 0.2) is 5.82 Å². The second kappa shape index (κ2) is 9.71. The molecular formula is C26H24ClN3O2. The fourth-order valence-corrected chi connectivity index (χ4v) is 3.56. The van der Waals surface area contributed by atoms with E-state index in [2.05, 4.69) is 35.5 Å². The zero-order chi connectivity index (χ0) is 22.5. The van der Waals surface area contributed by atoms with Crippen LogP contribution in [0.15, 0.2) is 79.0 Å². The van der Waals surface area contributed by atoms with E-state index < -0.39 is 0 Å². The molecule has 0 radical (unpaired) electrons. The first kappa shape index (κ1) is 21.7. The number of hydrogen-bond donors (Lipinski definition) is 1. The number of anilines is 1. The topological polar surface area (TPSA) is 56.2 Å². The fourth-order valence-electron chi connectivity index (χ4n) is 3.39. The predicted molar refractivity (Wildman–Crippen MR) is 127 cm³/mol. The summed E-state index contributed by atoms with van der Waals surface area (Å²) in [5.74, 6) is 0.915. The van der Waals surface area contributed by atoms with Crippen molar-refractivity contribution < 1.29 is 9.53 Å². The second-order valence-corrected chi connectivity index (χ2v) is 8.17. The zero-order valence-electron chi connectivity index (χ0n) is 18.0. The first-order valence-corrected chi connectivity index (χ1v) is 10.7. The SMILES string of the molecule is Cc1cccc(Cn2ccc(NC(=O)c3cccc(COc4cc(C)ccc4Cl)c3)n2)c1. The molecule has 4 aromatic rings. The summed E-state index contributed by atoms with van der Waals surface area (Å²) in [4.78, 5) is 12.7. The molecule has 0 bridgehead atoms. The Bertz CT molecular complexity index is 1250. The van der Waals surface area contributed by atoms with Gasteiger partial charge in [-0.1, -0.05) is 59.6 Å². The van der Waals surface area contributed by atoms with Gasteiger partial charge in [0.05, 0.1) is 11.6 Å². The molecule has 0 saturated heterocycles. The molecule has 1 amide bonds. The summed E-state index contributed by atoms with van der Waals surface area (Å²) in [6.45, 7) is 5.00. The lowest BCUT2D eigenvalue weighted by Gasteiger charge is -2.10. The summed E-state index contributed by atoms with van der Waals surface area (Å²) in [6, 6.07) is 23.0. The lowest BCUT2D eigenvalue weighted by atomic mass is 10.1. The van der Waals surface area contributed by atoms with Crippen LogP contribution in [0, 0.1) is 13.8 Å². The Morgan fingerprint density at radius 1 is 0.969 bits per heavy atom.